The summed E-state index contributed by atoms with van der Waals surface area (Å²) in [5.74, 6) is -1.14. The Morgan fingerprint density at radius 3 is 2.46 bits per heavy atom. The molecule has 0 aliphatic carbocycles. The zero-order chi connectivity index (χ0) is 19.1. The van der Waals surface area contributed by atoms with Crippen molar-refractivity contribution in [3.05, 3.63) is 75.0 Å². The van der Waals surface area contributed by atoms with Gasteiger partial charge in [-0.05, 0) is 61.3 Å². The summed E-state index contributed by atoms with van der Waals surface area (Å²) in [5, 5.41) is 18.4. The molecule has 0 radical (unpaired) electrons. The van der Waals surface area contributed by atoms with Crippen LogP contribution < -0.4 is 0 Å². The summed E-state index contributed by atoms with van der Waals surface area (Å²) in [6, 6.07) is 8.53. The van der Waals surface area contributed by atoms with Crippen LogP contribution in [0, 0.1) is 32.1 Å². The predicted octanol–water partition coefficient (Wildman–Crippen LogP) is 5.79. The largest absolute Gasteiger partial charge is 0.478 e. The Bertz CT molecular complexity index is 828. The average Bonchev–Trinajstić information content (AvgIpc) is 2.94. The molecule has 1 aromatic carbocycles. The number of carboxylic acid groups (broad SMARTS) is 1. The number of aryl methyl sites for hydroxylation is 2. The number of rotatable bonds is 8. The zero-order valence-electron chi connectivity index (χ0n) is 15.5. The van der Waals surface area contributed by atoms with Gasteiger partial charge in [-0.25, -0.2) is 4.79 Å². The van der Waals surface area contributed by atoms with Gasteiger partial charge in [0, 0.05) is 23.1 Å². The number of thiophene rings is 1. The number of carboxylic acids is 1. The summed E-state index contributed by atoms with van der Waals surface area (Å²) in [5.41, 5.74) is 6.18. The van der Waals surface area contributed by atoms with Crippen molar-refractivity contribution in [2.45, 2.75) is 33.6 Å². The van der Waals surface area contributed by atoms with Gasteiger partial charge < -0.3 is 10.5 Å². The molecule has 1 aromatic heterocycles. The van der Waals surface area contributed by atoms with E-state index in [2.05, 4.69) is 56.5 Å². The Balaban J connectivity index is 2.27. The van der Waals surface area contributed by atoms with Gasteiger partial charge in [0.05, 0.1) is 0 Å². The van der Waals surface area contributed by atoms with Gasteiger partial charge in [-0.2, -0.15) is 0 Å². The fourth-order valence-corrected chi connectivity index (χ4v) is 3.64. The number of allylic oxidation sites excluding steroid dienone is 2. The maximum absolute atomic E-state index is 10.7. The lowest BCUT2D eigenvalue weighted by Gasteiger charge is -2.11. The predicted molar refractivity (Wildman–Crippen MR) is 110 cm³/mol. The van der Waals surface area contributed by atoms with E-state index < -0.39 is 5.97 Å². The molecule has 2 aromatic rings. The van der Waals surface area contributed by atoms with Crippen molar-refractivity contribution in [1.82, 2.24) is 0 Å². The summed E-state index contributed by atoms with van der Waals surface area (Å²) >= 11 is 1.76. The van der Waals surface area contributed by atoms with Crippen molar-refractivity contribution in [2.24, 2.45) is 5.92 Å². The van der Waals surface area contributed by atoms with Crippen LogP contribution in [0.25, 0.3) is 5.57 Å². The molecule has 0 spiro atoms. The van der Waals surface area contributed by atoms with Gasteiger partial charge in [0.15, 0.2) is 0 Å². The van der Waals surface area contributed by atoms with E-state index in [1.807, 2.05) is 0 Å². The second-order valence-corrected chi connectivity index (χ2v) is 7.50. The molecule has 3 nitrogen and oxygen atoms in total. The van der Waals surface area contributed by atoms with Gasteiger partial charge in [0.25, 0.3) is 0 Å². The Morgan fingerprint density at radius 2 is 1.92 bits per heavy atom. The van der Waals surface area contributed by atoms with Crippen molar-refractivity contribution in [3.8, 4) is 0 Å². The number of benzene rings is 1. The highest BCUT2D eigenvalue weighted by Gasteiger charge is 2.11. The fraction of sp³-hybridized carbons (Fsp3) is 0.273. The minimum absolute atomic E-state index is 0.160. The van der Waals surface area contributed by atoms with Crippen LogP contribution in [0.5, 0.6) is 0 Å². The smallest absolute Gasteiger partial charge is 0.327 e. The molecule has 0 saturated carbocycles. The molecule has 26 heavy (non-hydrogen) atoms. The molecule has 136 valence electrons. The second-order valence-electron chi connectivity index (χ2n) is 6.42. The molecule has 4 heteroatoms. The molecule has 2 N–H and O–H groups in total. The van der Waals surface area contributed by atoms with Crippen LogP contribution in [-0.4, -0.2) is 17.3 Å². The number of hydrogen-bond acceptors (Lipinski definition) is 3. The molecule has 0 aliphatic heterocycles. The molecule has 0 bridgehead atoms. The van der Waals surface area contributed by atoms with Crippen LogP contribution in [0.15, 0.2) is 47.9 Å². The van der Waals surface area contributed by atoms with Crippen molar-refractivity contribution >= 4 is 29.1 Å². The number of nitrogens with one attached hydrogen (secondary N) is 1. The summed E-state index contributed by atoms with van der Waals surface area (Å²) in [4.78, 5) is 12.0. The van der Waals surface area contributed by atoms with Crippen LogP contribution in [0.1, 0.15) is 40.0 Å². The van der Waals surface area contributed by atoms with E-state index in [1.54, 1.807) is 17.4 Å². The maximum Gasteiger partial charge on any atom is 0.327 e. The van der Waals surface area contributed by atoms with Gasteiger partial charge in [-0.3, -0.25) is 0 Å². The molecular weight excluding hydrogens is 342 g/mol. The van der Waals surface area contributed by atoms with E-state index in [0.29, 0.717) is 6.42 Å². The van der Waals surface area contributed by atoms with Crippen LogP contribution in [0.4, 0.5) is 0 Å². The molecular formula is C22H25NO2S. The highest BCUT2D eigenvalue weighted by Crippen LogP contribution is 2.32. The van der Waals surface area contributed by atoms with E-state index in [-0.39, 0.29) is 5.92 Å². The van der Waals surface area contributed by atoms with Crippen molar-refractivity contribution in [2.75, 3.05) is 0 Å². The quantitative estimate of drug-likeness (QED) is 0.458. The standard InChI is InChI=1S/C22H25NO2S/c1-15-7-10-19(11-8-15)20(21-14-26-17(3)16(21)2)6-4-5-18(13-23)9-12-22(24)25/h6-14,18,23H,4-5H2,1-3H3,(H,24,25)/b12-9+,20-6-,23-13?. The second kappa shape index (κ2) is 9.30. The molecule has 1 unspecified atom stereocenters. The SMILES string of the molecule is Cc1ccc(/C(=C/CCC(C=N)/C=C/C(=O)O)c2csc(C)c2C)cc1. The van der Waals surface area contributed by atoms with Crippen molar-refractivity contribution in [3.63, 3.8) is 0 Å². The molecule has 2 rings (SSSR count). The minimum atomic E-state index is -0.975. The third kappa shape index (κ3) is 5.27. The molecule has 0 aliphatic rings. The molecule has 0 amide bonds. The minimum Gasteiger partial charge on any atom is -0.478 e. The Kier molecular flexibility index (Phi) is 7.10. The summed E-state index contributed by atoms with van der Waals surface area (Å²) in [6.45, 7) is 6.37. The first kappa shape index (κ1) is 19.9. The third-order valence-corrected chi connectivity index (χ3v) is 5.50. The Hall–Kier alpha value is -2.46. The first-order chi connectivity index (χ1) is 12.4. The summed E-state index contributed by atoms with van der Waals surface area (Å²) in [7, 11) is 0. The summed E-state index contributed by atoms with van der Waals surface area (Å²) < 4.78 is 0. The highest BCUT2D eigenvalue weighted by atomic mass is 32.1. The molecule has 1 heterocycles. The van der Waals surface area contributed by atoms with E-state index in [1.165, 1.54) is 38.9 Å². The van der Waals surface area contributed by atoms with E-state index in [0.717, 1.165) is 12.5 Å². The third-order valence-electron chi connectivity index (χ3n) is 4.49. The van der Waals surface area contributed by atoms with Gasteiger partial charge in [0.2, 0.25) is 0 Å². The Labute approximate surface area is 159 Å². The summed E-state index contributed by atoms with van der Waals surface area (Å²) in [6.07, 6.45) is 7.71. The fourth-order valence-electron chi connectivity index (χ4n) is 2.76. The van der Waals surface area contributed by atoms with E-state index in [4.69, 9.17) is 10.5 Å². The lowest BCUT2D eigenvalue weighted by Crippen LogP contribution is -1.99. The normalized spacial score (nSPS) is 13.1. The molecule has 0 fully saturated rings. The first-order valence-electron chi connectivity index (χ1n) is 8.66. The van der Waals surface area contributed by atoms with Gasteiger partial charge >= 0.3 is 5.97 Å². The molecule has 1 atom stereocenters. The number of aliphatic carboxylic acids is 1. The van der Waals surface area contributed by atoms with E-state index in [9.17, 15) is 4.79 Å². The van der Waals surface area contributed by atoms with Gasteiger partial charge in [-0.15, -0.1) is 11.3 Å². The zero-order valence-corrected chi connectivity index (χ0v) is 16.3. The number of hydrogen-bond donors (Lipinski definition) is 2. The first-order valence-corrected chi connectivity index (χ1v) is 9.54. The van der Waals surface area contributed by atoms with Gasteiger partial charge in [-0.1, -0.05) is 42.0 Å². The Morgan fingerprint density at radius 1 is 1.23 bits per heavy atom. The maximum atomic E-state index is 10.7. The van der Waals surface area contributed by atoms with E-state index >= 15 is 0 Å². The van der Waals surface area contributed by atoms with Crippen LogP contribution in [0.3, 0.4) is 0 Å². The topological polar surface area (TPSA) is 61.2 Å². The lowest BCUT2D eigenvalue weighted by atomic mass is 9.93. The van der Waals surface area contributed by atoms with Crippen molar-refractivity contribution < 1.29 is 9.90 Å². The van der Waals surface area contributed by atoms with Crippen molar-refractivity contribution in [1.29, 1.82) is 5.41 Å². The lowest BCUT2D eigenvalue weighted by molar-refractivity contribution is -0.131. The molecule has 0 saturated heterocycles. The van der Waals surface area contributed by atoms with Crippen LogP contribution >= 0.6 is 11.3 Å². The average molecular weight is 368 g/mol. The van der Waals surface area contributed by atoms with Crippen LogP contribution in [-0.2, 0) is 4.79 Å². The highest BCUT2D eigenvalue weighted by molar-refractivity contribution is 7.10. The number of carbonyl (C=O) groups is 1. The van der Waals surface area contributed by atoms with Gasteiger partial charge in [0.1, 0.15) is 0 Å². The monoisotopic (exact) mass is 367 g/mol. The van der Waals surface area contributed by atoms with Crippen LogP contribution in [0.2, 0.25) is 0 Å².